The van der Waals surface area contributed by atoms with Crippen molar-refractivity contribution in [1.29, 1.82) is 0 Å². The van der Waals surface area contributed by atoms with Gasteiger partial charge < -0.3 is 4.42 Å². The number of para-hydroxylation sites is 1. The van der Waals surface area contributed by atoms with E-state index in [4.69, 9.17) is 19.4 Å². The van der Waals surface area contributed by atoms with Crippen LogP contribution in [0, 0.1) is 0 Å². The lowest BCUT2D eigenvalue weighted by Crippen LogP contribution is -1.95. The van der Waals surface area contributed by atoms with Crippen molar-refractivity contribution in [3.63, 3.8) is 0 Å². The number of furan rings is 1. The third-order valence-electron chi connectivity index (χ3n) is 13.9. The van der Waals surface area contributed by atoms with Crippen LogP contribution in [0.5, 0.6) is 0 Å². The summed E-state index contributed by atoms with van der Waals surface area (Å²) in [5.74, 6) is 0. The Balaban J connectivity index is 0.999. The Morgan fingerprint density at radius 1 is 0.205 bits per heavy atom. The molecule has 0 aliphatic rings. The number of rotatable bonds is 10. The topological polar surface area (TPSA) is 51.8 Å². The lowest BCUT2D eigenvalue weighted by atomic mass is 9.85. The van der Waals surface area contributed by atoms with Crippen LogP contribution in [-0.4, -0.2) is 15.0 Å². The first-order chi connectivity index (χ1) is 36.2. The molecule has 0 amide bonds. The lowest BCUT2D eigenvalue weighted by molar-refractivity contribution is 0.669. The molecular weight excluding hydrogens is 887 g/mol. The molecule has 0 aliphatic heterocycles. The monoisotopic (exact) mass is 931 g/mol. The Hall–Kier alpha value is -9.77. The van der Waals surface area contributed by atoms with Crippen LogP contribution < -0.4 is 0 Å². The summed E-state index contributed by atoms with van der Waals surface area (Å²) in [7, 11) is 0. The van der Waals surface area contributed by atoms with Crippen LogP contribution in [0.2, 0.25) is 0 Å². The Labute approximate surface area is 424 Å². The molecule has 4 nitrogen and oxygen atoms in total. The molecule has 0 spiro atoms. The van der Waals surface area contributed by atoms with Gasteiger partial charge in [0.1, 0.15) is 11.2 Å². The van der Waals surface area contributed by atoms with Crippen molar-refractivity contribution in [2.75, 3.05) is 0 Å². The lowest BCUT2D eigenvalue weighted by Gasteiger charge is -2.19. The normalized spacial score (nSPS) is 11.3. The van der Waals surface area contributed by atoms with Gasteiger partial charge in [-0.3, -0.25) is 15.0 Å². The zero-order valence-electron chi connectivity index (χ0n) is 39.7. The molecule has 4 heterocycles. The number of hydrogen-bond donors (Lipinski definition) is 0. The average Bonchev–Trinajstić information content (AvgIpc) is 3.86. The molecule has 342 valence electrons. The molecule has 13 rings (SSSR count). The molecule has 0 N–H and O–H groups in total. The highest BCUT2D eigenvalue weighted by atomic mass is 16.3. The Morgan fingerprint density at radius 3 is 1.11 bits per heavy atom. The highest BCUT2D eigenvalue weighted by molar-refractivity contribution is 6.07. The van der Waals surface area contributed by atoms with E-state index in [0.717, 1.165) is 134 Å². The van der Waals surface area contributed by atoms with Gasteiger partial charge in [0.25, 0.3) is 0 Å². The van der Waals surface area contributed by atoms with Crippen LogP contribution in [0.25, 0.3) is 134 Å². The number of nitrogens with zero attached hydrogens (tertiary/aromatic N) is 3. The van der Waals surface area contributed by atoms with Crippen LogP contribution in [-0.2, 0) is 0 Å². The smallest absolute Gasteiger partial charge is 0.136 e. The summed E-state index contributed by atoms with van der Waals surface area (Å²) in [5.41, 5.74) is 22.8. The molecule has 73 heavy (non-hydrogen) atoms. The van der Waals surface area contributed by atoms with Crippen molar-refractivity contribution in [2.24, 2.45) is 0 Å². The molecular formula is C69H45N3O. The van der Waals surface area contributed by atoms with Gasteiger partial charge in [-0.05, 0) is 116 Å². The van der Waals surface area contributed by atoms with E-state index in [1.165, 1.54) is 0 Å². The fraction of sp³-hybridized carbons (Fsp3) is 0. The molecule has 0 fully saturated rings. The Bertz CT molecular complexity index is 3960. The van der Waals surface area contributed by atoms with E-state index in [0.29, 0.717) is 0 Å². The van der Waals surface area contributed by atoms with Crippen molar-refractivity contribution >= 4 is 21.9 Å². The molecule has 4 heteroatoms. The SMILES string of the molecule is c1ccc(-c2ccc(-c3ccccc3-c3cc(-c4ccccc4-c4ccc(-c5ccccc5)nc4)cc(-c4ccccc4-c4cnc(-c5ccccc5)cc4-c4ccc5c(c4)oc4ccccc45)c3)cn2)cc1. The summed E-state index contributed by atoms with van der Waals surface area (Å²) in [5, 5.41) is 2.20. The van der Waals surface area contributed by atoms with Crippen molar-refractivity contribution < 1.29 is 4.42 Å². The molecule has 9 aromatic carbocycles. The largest absolute Gasteiger partial charge is 0.456 e. The van der Waals surface area contributed by atoms with Crippen LogP contribution >= 0.6 is 0 Å². The second kappa shape index (κ2) is 18.9. The van der Waals surface area contributed by atoms with Gasteiger partial charge in [-0.1, -0.05) is 200 Å². The van der Waals surface area contributed by atoms with Gasteiger partial charge in [-0.25, -0.2) is 0 Å². The maximum atomic E-state index is 6.49. The molecule has 0 saturated carbocycles. The molecule has 0 unspecified atom stereocenters. The predicted octanol–water partition coefficient (Wildman–Crippen LogP) is 18.4. The summed E-state index contributed by atoms with van der Waals surface area (Å²) in [4.78, 5) is 15.1. The summed E-state index contributed by atoms with van der Waals surface area (Å²) < 4.78 is 6.49. The Kier molecular flexibility index (Phi) is 11.2. The van der Waals surface area contributed by atoms with Crippen LogP contribution in [0.15, 0.2) is 278 Å². The van der Waals surface area contributed by atoms with Gasteiger partial charge in [0.2, 0.25) is 0 Å². The van der Waals surface area contributed by atoms with E-state index >= 15 is 0 Å². The maximum absolute atomic E-state index is 6.49. The summed E-state index contributed by atoms with van der Waals surface area (Å²) >= 11 is 0. The molecule has 0 atom stereocenters. The first-order valence-corrected chi connectivity index (χ1v) is 24.6. The zero-order chi connectivity index (χ0) is 48.5. The highest BCUT2D eigenvalue weighted by Crippen LogP contribution is 2.45. The van der Waals surface area contributed by atoms with Crippen molar-refractivity contribution in [3.8, 4) is 112 Å². The van der Waals surface area contributed by atoms with Crippen molar-refractivity contribution in [1.82, 2.24) is 15.0 Å². The van der Waals surface area contributed by atoms with E-state index in [1.807, 2.05) is 48.9 Å². The number of hydrogen-bond acceptors (Lipinski definition) is 4. The number of aromatic nitrogens is 3. The molecule has 13 aromatic rings. The van der Waals surface area contributed by atoms with Gasteiger partial charge in [-0.2, -0.15) is 0 Å². The van der Waals surface area contributed by atoms with Crippen LogP contribution in [0.3, 0.4) is 0 Å². The van der Waals surface area contributed by atoms with Gasteiger partial charge >= 0.3 is 0 Å². The summed E-state index contributed by atoms with van der Waals surface area (Å²) in [6, 6.07) is 89.9. The minimum Gasteiger partial charge on any atom is -0.456 e. The van der Waals surface area contributed by atoms with Gasteiger partial charge in [-0.15, -0.1) is 0 Å². The summed E-state index contributed by atoms with van der Waals surface area (Å²) in [6.45, 7) is 0. The minimum atomic E-state index is 0.848. The Morgan fingerprint density at radius 2 is 0.603 bits per heavy atom. The molecule has 0 radical (unpaired) electrons. The van der Waals surface area contributed by atoms with E-state index in [-0.39, 0.29) is 0 Å². The van der Waals surface area contributed by atoms with Gasteiger partial charge in [0.05, 0.1) is 17.1 Å². The first kappa shape index (κ1) is 43.3. The second-order valence-electron chi connectivity index (χ2n) is 18.3. The molecule has 0 bridgehead atoms. The molecule has 0 saturated heterocycles. The maximum Gasteiger partial charge on any atom is 0.136 e. The van der Waals surface area contributed by atoms with Crippen LogP contribution in [0.1, 0.15) is 0 Å². The average molecular weight is 932 g/mol. The van der Waals surface area contributed by atoms with E-state index < -0.39 is 0 Å². The third kappa shape index (κ3) is 8.37. The quantitative estimate of drug-likeness (QED) is 0.137. The minimum absolute atomic E-state index is 0.848. The van der Waals surface area contributed by atoms with E-state index in [1.54, 1.807) is 0 Å². The number of pyridine rings is 3. The fourth-order valence-electron chi connectivity index (χ4n) is 10.3. The van der Waals surface area contributed by atoms with E-state index in [9.17, 15) is 0 Å². The first-order valence-electron chi connectivity index (χ1n) is 24.6. The number of fused-ring (bicyclic) bond motifs is 3. The number of benzene rings is 9. The zero-order valence-corrected chi connectivity index (χ0v) is 39.7. The molecule has 0 aliphatic carbocycles. The highest BCUT2D eigenvalue weighted by Gasteiger charge is 2.20. The predicted molar refractivity (Wildman–Crippen MR) is 301 cm³/mol. The fourth-order valence-corrected chi connectivity index (χ4v) is 10.3. The van der Waals surface area contributed by atoms with Crippen molar-refractivity contribution in [2.45, 2.75) is 0 Å². The van der Waals surface area contributed by atoms with Gasteiger partial charge in [0, 0.05) is 62.7 Å². The standard InChI is InChI=1S/C69H45N3O/c1-4-18-46(19-5-1)65-36-33-50(43-70-65)55-24-10-12-26-57(55)52-38-53(58-27-13-11-25-56(58)51-34-37-66(71-44-51)47-20-6-2-7-21-47)40-54(39-52)59-28-14-15-29-60(59)64-45-72-67(48-22-8-3-9-23-48)42-63(64)49-32-35-62-61-30-16-17-31-68(61)73-69(62)41-49/h1-45H. The molecule has 4 aromatic heterocycles. The summed E-state index contributed by atoms with van der Waals surface area (Å²) in [6.07, 6.45) is 6.05. The van der Waals surface area contributed by atoms with E-state index in [2.05, 4.69) is 224 Å². The van der Waals surface area contributed by atoms with Crippen LogP contribution in [0.4, 0.5) is 0 Å². The van der Waals surface area contributed by atoms with Gasteiger partial charge in [0.15, 0.2) is 0 Å². The van der Waals surface area contributed by atoms with Crippen molar-refractivity contribution in [3.05, 3.63) is 273 Å². The third-order valence-corrected chi connectivity index (χ3v) is 13.9. The second-order valence-corrected chi connectivity index (χ2v) is 18.3.